The zero-order chi connectivity index (χ0) is 7.84. The molecule has 0 spiro atoms. The van der Waals surface area contributed by atoms with Gasteiger partial charge >= 0.3 is 0 Å². The fraction of sp³-hybridized carbons (Fsp3) is 0.636. The number of rotatable bonds is 1. The zero-order valence-electron chi connectivity index (χ0n) is 7.38. The third-order valence-electron chi connectivity index (χ3n) is 2.69. The molecule has 0 radical (unpaired) electrons. The molecule has 2 aliphatic rings. The lowest BCUT2D eigenvalue weighted by atomic mass is 9.97. The van der Waals surface area contributed by atoms with Crippen LogP contribution in [-0.4, -0.2) is 0 Å². The summed E-state index contributed by atoms with van der Waals surface area (Å²) in [6.45, 7) is 4.53. The fourth-order valence-electron chi connectivity index (χ4n) is 2.27. The van der Waals surface area contributed by atoms with Gasteiger partial charge in [0.2, 0.25) is 0 Å². The van der Waals surface area contributed by atoms with Crippen LogP contribution in [0.4, 0.5) is 0 Å². The molecule has 0 aliphatic heterocycles. The molecule has 0 aromatic heterocycles. The molecule has 1 saturated carbocycles. The van der Waals surface area contributed by atoms with Gasteiger partial charge in [-0.05, 0) is 30.6 Å². The monoisotopic (exact) mass is 148 g/mol. The lowest BCUT2D eigenvalue weighted by Gasteiger charge is -2.09. The highest BCUT2D eigenvalue weighted by Crippen LogP contribution is 2.43. The lowest BCUT2D eigenvalue weighted by Crippen LogP contribution is -1.94. The van der Waals surface area contributed by atoms with E-state index < -0.39 is 0 Å². The van der Waals surface area contributed by atoms with Crippen LogP contribution in [-0.2, 0) is 0 Å². The van der Waals surface area contributed by atoms with E-state index in [0.29, 0.717) is 0 Å². The minimum atomic E-state index is 0.734. The first-order valence-electron chi connectivity index (χ1n) is 4.64. The van der Waals surface area contributed by atoms with Crippen molar-refractivity contribution in [2.24, 2.45) is 17.8 Å². The van der Waals surface area contributed by atoms with Gasteiger partial charge in [-0.2, -0.15) is 0 Å². The van der Waals surface area contributed by atoms with E-state index in [9.17, 15) is 0 Å². The van der Waals surface area contributed by atoms with Gasteiger partial charge in [0.15, 0.2) is 0 Å². The Morgan fingerprint density at radius 3 is 2.73 bits per heavy atom. The molecule has 1 fully saturated rings. The van der Waals surface area contributed by atoms with Crippen molar-refractivity contribution < 1.29 is 0 Å². The van der Waals surface area contributed by atoms with Gasteiger partial charge in [-0.15, -0.1) is 0 Å². The maximum atomic E-state index is 2.45. The maximum Gasteiger partial charge on any atom is -0.00172 e. The molecule has 0 N–H and O–H groups in total. The quantitative estimate of drug-likeness (QED) is 0.501. The second-order valence-corrected chi connectivity index (χ2v) is 4.18. The van der Waals surface area contributed by atoms with Crippen LogP contribution in [0, 0.1) is 17.8 Å². The summed E-state index contributed by atoms with van der Waals surface area (Å²) in [6, 6.07) is 0. The predicted octanol–water partition coefficient (Wildman–Crippen LogP) is 3.16. The molecule has 0 aromatic carbocycles. The molecular formula is C11H16. The number of hydrogen-bond acceptors (Lipinski definition) is 0. The smallest absolute Gasteiger partial charge is 0.00172 e. The normalized spacial score (nSPS) is 37.9. The highest BCUT2D eigenvalue weighted by molar-refractivity contribution is 5.27. The first-order valence-corrected chi connectivity index (χ1v) is 4.64. The fourth-order valence-corrected chi connectivity index (χ4v) is 2.27. The Labute approximate surface area is 69.0 Å². The standard InChI is InChI=1S/C11H16/c1-8(2)5-11-7-9-3-4-10(11)6-9/h3-5,8-10H,6-7H2,1-2H3/b11-5+. The van der Waals surface area contributed by atoms with Crippen molar-refractivity contribution in [1.29, 1.82) is 0 Å². The SMILES string of the molecule is CC(C)/C=C1\CC2C=CC1C2. The summed E-state index contributed by atoms with van der Waals surface area (Å²) in [5.41, 5.74) is 1.70. The lowest BCUT2D eigenvalue weighted by molar-refractivity contribution is 0.693. The topological polar surface area (TPSA) is 0 Å². The van der Waals surface area contributed by atoms with Gasteiger partial charge in [0, 0.05) is 0 Å². The van der Waals surface area contributed by atoms with E-state index in [0.717, 1.165) is 17.8 Å². The minimum absolute atomic E-state index is 0.734. The maximum absolute atomic E-state index is 2.45. The van der Waals surface area contributed by atoms with Gasteiger partial charge in [-0.3, -0.25) is 0 Å². The van der Waals surface area contributed by atoms with Gasteiger partial charge in [0.25, 0.3) is 0 Å². The van der Waals surface area contributed by atoms with Crippen LogP contribution in [0.2, 0.25) is 0 Å². The summed E-state index contributed by atoms with van der Waals surface area (Å²) < 4.78 is 0. The van der Waals surface area contributed by atoms with Crippen LogP contribution in [0.3, 0.4) is 0 Å². The van der Waals surface area contributed by atoms with Crippen LogP contribution >= 0.6 is 0 Å². The van der Waals surface area contributed by atoms with E-state index in [4.69, 9.17) is 0 Å². The van der Waals surface area contributed by atoms with Crippen molar-refractivity contribution in [3.8, 4) is 0 Å². The third kappa shape index (κ3) is 1.26. The molecule has 2 atom stereocenters. The highest BCUT2D eigenvalue weighted by atomic mass is 14.3. The predicted molar refractivity (Wildman–Crippen MR) is 48.3 cm³/mol. The molecule has 0 heteroatoms. The summed E-state index contributed by atoms with van der Waals surface area (Å²) in [7, 11) is 0. The Bertz CT molecular complexity index is 208. The van der Waals surface area contributed by atoms with Gasteiger partial charge < -0.3 is 0 Å². The molecule has 2 rings (SSSR count). The highest BCUT2D eigenvalue weighted by Gasteiger charge is 2.30. The summed E-state index contributed by atoms with van der Waals surface area (Å²) in [4.78, 5) is 0. The summed E-state index contributed by atoms with van der Waals surface area (Å²) in [5.74, 6) is 2.45. The van der Waals surface area contributed by atoms with Crippen LogP contribution in [0.15, 0.2) is 23.8 Å². The van der Waals surface area contributed by atoms with Crippen molar-refractivity contribution in [2.75, 3.05) is 0 Å². The van der Waals surface area contributed by atoms with E-state index >= 15 is 0 Å². The van der Waals surface area contributed by atoms with Crippen molar-refractivity contribution >= 4 is 0 Å². The number of allylic oxidation sites excluding steroid dienone is 4. The Balaban J connectivity index is 2.14. The minimum Gasteiger partial charge on any atom is -0.0845 e. The molecule has 60 valence electrons. The van der Waals surface area contributed by atoms with E-state index in [1.54, 1.807) is 5.57 Å². The number of hydrogen-bond donors (Lipinski definition) is 0. The Hall–Kier alpha value is -0.520. The molecule has 2 aliphatic carbocycles. The van der Waals surface area contributed by atoms with Crippen molar-refractivity contribution in [1.82, 2.24) is 0 Å². The van der Waals surface area contributed by atoms with Crippen LogP contribution in [0.5, 0.6) is 0 Å². The van der Waals surface area contributed by atoms with E-state index in [1.807, 2.05) is 0 Å². The Morgan fingerprint density at radius 1 is 1.45 bits per heavy atom. The van der Waals surface area contributed by atoms with Gasteiger partial charge in [0.1, 0.15) is 0 Å². The second kappa shape index (κ2) is 2.51. The van der Waals surface area contributed by atoms with Crippen LogP contribution in [0.1, 0.15) is 26.7 Å². The van der Waals surface area contributed by atoms with Crippen molar-refractivity contribution in [3.63, 3.8) is 0 Å². The summed E-state index contributed by atoms with van der Waals surface area (Å²) in [5, 5.41) is 0. The largest absolute Gasteiger partial charge is 0.0845 e. The molecular weight excluding hydrogens is 132 g/mol. The molecule has 0 saturated heterocycles. The molecule has 2 bridgehead atoms. The van der Waals surface area contributed by atoms with Crippen LogP contribution < -0.4 is 0 Å². The molecule has 0 aromatic rings. The molecule has 2 unspecified atom stereocenters. The van der Waals surface area contributed by atoms with Crippen LogP contribution in [0.25, 0.3) is 0 Å². The molecule has 0 amide bonds. The van der Waals surface area contributed by atoms with E-state index in [-0.39, 0.29) is 0 Å². The molecule has 11 heavy (non-hydrogen) atoms. The van der Waals surface area contributed by atoms with E-state index in [2.05, 4.69) is 32.1 Å². The van der Waals surface area contributed by atoms with Gasteiger partial charge in [-0.1, -0.05) is 37.6 Å². The van der Waals surface area contributed by atoms with Crippen molar-refractivity contribution in [3.05, 3.63) is 23.8 Å². The first-order chi connectivity index (χ1) is 5.25. The summed E-state index contributed by atoms with van der Waals surface area (Å²) >= 11 is 0. The average molecular weight is 148 g/mol. The van der Waals surface area contributed by atoms with Gasteiger partial charge in [0.05, 0.1) is 0 Å². The Kier molecular flexibility index (Phi) is 1.63. The first kappa shape index (κ1) is 7.15. The Morgan fingerprint density at radius 2 is 2.27 bits per heavy atom. The van der Waals surface area contributed by atoms with E-state index in [1.165, 1.54) is 12.8 Å². The van der Waals surface area contributed by atoms with Gasteiger partial charge in [-0.25, -0.2) is 0 Å². The molecule has 0 nitrogen and oxygen atoms in total. The average Bonchev–Trinajstić information content (AvgIpc) is 2.45. The van der Waals surface area contributed by atoms with Crippen molar-refractivity contribution in [2.45, 2.75) is 26.7 Å². The molecule has 0 heterocycles. The third-order valence-corrected chi connectivity index (χ3v) is 2.69. The summed E-state index contributed by atoms with van der Waals surface area (Å²) in [6.07, 6.45) is 9.98. The number of fused-ring (bicyclic) bond motifs is 2. The zero-order valence-corrected chi connectivity index (χ0v) is 7.38. The second-order valence-electron chi connectivity index (χ2n) is 4.18.